The minimum absolute atomic E-state index is 0.125. The Bertz CT molecular complexity index is 970. The number of nitrogens with one attached hydrogen (secondary N) is 1. The molecule has 0 spiro atoms. The fraction of sp³-hybridized carbons (Fsp3) is 0.125. The Labute approximate surface area is 129 Å². The molecule has 2 aromatic heterocycles. The molecule has 4 nitrogen and oxygen atoms in total. The van der Waals surface area contributed by atoms with E-state index in [0.29, 0.717) is 10.0 Å². The van der Waals surface area contributed by atoms with Gasteiger partial charge in [0.25, 0.3) is 11.1 Å². The lowest BCUT2D eigenvalue weighted by molar-refractivity contribution is 0.899. The van der Waals surface area contributed by atoms with E-state index in [9.17, 15) is 9.59 Å². The number of hydrogen-bond donors (Lipinski definition) is 1. The molecule has 0 aliphatic rings. The molecule has 0 radical (unpaired) electrons. The molecule has 3 rings (SSSR count). The first-order chi connectivity index (χ1) is 9.99. The lowest BCUT2D eigenvalue weighted by Gasteiger charge is -2.12. The summed E-state index contributed by atoms with van der Waals surface area (Å²) in [5.74, 6) is 0. The second kappa shape index (κ2) is 5.00. The monoisotopic (exact) mass is 344 g/mol. The standard InChI is InChI=1S/C16H13BrN2O2/c1-9-6-10-8-13(17)16(21)19(2)14(10)12(7-9)11-4-3-5-18-15(11)20/h3-8H,1-2H3,(H,18,20). The van der Waals surface area contributed by atoms with Crippen molar-refractivity contribution in [2.45, 2.75) is 6.92 Å². The molecule has 2 heterocycles. The average Bonchev–Trinajstić information content (AvgIpc) is 2.44. The predicted molar refractivity (Wildman–Crippen MR) is 87.7 cm³/mol. The molecule has 0 aliphatic carbocycles. The molecule has 0 fully saturated rings. The van der Waals surface area contributed by atoms with Crippen LogP contribution in [0.2, 0.25) is 0 Å². The number of halogens is 1. The number of pyridine rings is 2. The summed E-state index contributed by atoms with van der Waals surface area (Å²) in [7, 11) is 1.71. The van der Waals surface area contributed by atoms with E-state index < -0.39 is 0 Å². The van der Waals surface area contributed by atoms with Crippen molar-refractivity contribution < 1.29 is 0 Å². The number of rotatable bonds is 1. The Hall–Kier alpha value is -2.14. The first-order valence-electron chi connectivity index (χ1n) is 6.47. The topological polar surface area (TPSA) is 54.9 Å². The molecule has 106 valence electrons. The minimum Gasteiger partial charge on any atom is -0.329 e. The minimum atomic E-state index is -0.167. The summed E-state index contributed by atoms with van der Waals surface area (Å²) in [4.78, 5) is 26.9. The predicted octanol–water partition coefficient (Wildman–Crippen LogP) is 2.96. The fourth-order valence-electron chi connectivity index (χ4n) is 2.59. The first kappa shape index (κ1) is 13.8. The van der Waals surface area contributed by atoms with Crippen molar-refractivity contribution >= 4 is 26.8 Å². The lowest BCUT2D eigenvalue weighted by Crippen LogP contribution is -2.19. The third-order valence-corrected chi connectivity index (χ3v) is 4.09. The molecular weight excluding hydrogens is 332 g/mol. The van der Waals surface area contributed by atoms with Crippen LogP contribution in [0.3, 0.4) is 0 Å². The van der Waals surface area contributed by atoms with Crippen LogP contribution in [0.15, 0.2) is 50.6 Å². The summed E-state index contributed by atoms with van der Waals surface area (Å²) in [6, 6.07) is 9.27. The second-order valence-corrected chi connectivity index (χ2v) is 5.87. The summed E-state index contributed by atoms with van der Waals surface area (Å²) >= 11 is 3.29. The van der Waals surface area contributed by atoms with Crippen LogP contribution in [-0.4, -0.2) is 9.55 Å². The maximum atomic E-state index is 12.2. The van der Waals surface area contributed by atoms with E-state index in [4.69, 9.17) is 0 Å². The molecule has 0 bridgehead atoms. The number of benzene rings is 1. The zero-order chi connectivity index (χ0) is 15.1. The van der Waals surface area contributed by atoms with Gasteiger partial charge in [0.2, 0.25) is 0 Å². The molecule has 0 saturated heterocycles. The quantitative estimate of drug-likeness (QED) is 0.737. The van der Waals surface area contributed by atoms with E-state index in [1.54, 1.807) is 36.0 Å². The highest BCUT2D eigenvalue weighted by molar-refractivity contribution is 9.10. The zero-order valence-electron chi connectivity index (χ0n) is 11.6. The highest BCUT2D eigenvalue weighted by atomic mass is 79.9. The summed E-state index contributed by atoms with van der Waals surface area (Å²) in [5.41, 5.74) is 2.82. The van der Waals surface area contributed by atoms with E-state index in [1.165, 1.54) is 0 Å². The van der Waals surface area contributed by atoms with Crippen molar-refractivity contribution in [2.75, 3.05) is 0 Å². The number of hydrogen-bond acceptors (Lipinski definition) is 2. The fourth-order valence-corrected chi connectivity index (χ4v) is 3.10. The van der Waals surface area contributed by atoms with Gasteiger partial charge >= 0.3 is 0 Å². The second-order valence-electron chi connectivity index (χ2n) is 5.02. The van der Waals surface area contributed by atoms with Crippen LogP contribution in [0, 0.1) is 6.92 Å². The van der Waals surface area contributed by atoms with Gasteiger partial charge in [-0.1, -0.05) is 0 Å². The third-order valence-electron chi connectivity index (χ3n) is 3.52. The van der Waals surface area contributed by atoms with Gasteiger partial charge in [0, 0.05) is 29.8 Å². The Morgan fingerprint density at radius 1 is 1.14 bits per heavy atom. The van der Waals surface area contributed by atoms with Gasteiger partial charge in [0.05, 0.1) is 9.99 Å². The van der Waals surface area contributed by atoms with E-state index in [-0.39, 0.29) is 11.1 Å². The van der Waals surface area contributed by atoms with Crippen LogP contribution >= 0.6 is 15.9 Å². The SMILES string of the molecule is Cc1cc(-c2ccc[nH]c2=O)c2c(c1)cc(Br)c(=O)n2C. The molecule has 3 aromatic rings. The largest absolute Gasteiger partial charge is 0.329 e. The van der Waals surface area contributed by atoms with Crippen LogP contribution in [0.4, 0.5) is 0 Å². The summed E-state index contributed by atoms with van der Waals surface area (Å²) in [6.07, 6.45) is 1.60. The van der Waals surface area contributed by atoms with Gasteiger partial charge < -0.3 is 9.55 Å². The van der Waals surface area contributed by atoms with Gasteiger partial charge in [-0.3, -0.25) is 9.59 Å². The molecule has 1 aromatic carbocycles. The van der Waals surface area contributed by atoms with Gasteiger partial charge in [0.1, 0.15) is 0 Å². The number of H-pyrrole nitrogens is 1. The van der Waals surface area contributed by atoms with Crippen molar-refractivity contribution in [1.29, 1.82) is 0 Å². The van der Waals surface area contributed by atoms with Gasteiger partial charge in [0.15, 0.2) is 0 Å². The van der Waals surface area contributed by atoms with Crippen LogP contribution in [-0.2, 0) is 7.05 Å². The van der Waals surface area contributed by atoms with Crippen molar-refractivity contribution in [2.24, 2.45) is 7.05 Å². The van der Waals surface area contributed by atoms with Crippen LogP contribution in [0.25, 0.3) is 22.0 Å². The van der Waals surface area contributed by atoms with Gasteiger partial charge in [-0.05, 0) is 58.7 Å². The number of aromatic nitrogens is 2. The van der Waals surface area contributed by atoms with E-state index >= 15 is 0 Å². The average molecular weight is 345 g/mol. The van der Waals surface area contributed by atoms with Crippen LogP contribution in [0.1, 0.15) is 5.56 Å². The Morgan fingerprint density at radius 3 is 2.62 bits per heavy atom. The van der Waals surface area contributed by atoms with Crippen LogP contribution < -0.4 is 11.1 Å². The maximum absolute atomic E-state index is 12.2. The summed E-state index contributed by atoms with van der Waals surface area (Å²) in [5, 5.41) is 0.919. The van der Waals surface area contributed by atoms with Crippen molar-refractivity contribution in [3.63, 3.8) is 0 Å². The smallest absolute Gasteiger partial charge is 0.265 e. The highest BCUT2D eigenvalue weighted by Crippen LogP contribution is 2.28. The number of aromatic amines is 1. The van der Waals surface area contributed by atoms with Crippen molar-refractivity contribution in [3.8, 4) is 11.1 Å². The maximum Gasteiger partial charge on any atom is 0.265 e. The molecule has 1 N–H and O–H groups in total. The van der Waals surface area contributed by atoms with Crippen molar-refractivity contribution in [3.05, 3.63) is 67.3 Å². The van der Waals surface area contributed by atoms with E-state index in [1.807, 2.05) is 19.1 Å². The highest BCUT2D eigenvalue weighted by Gasteiger charge is 2.13. The van der Waals surface area contributed by atoms with Crippen LogP contribution in [0.5, 0.6) is 0 Å². The number of fused-ring (bicyclic) bond motifs is 1. The van der Waals surface area contributed by atoms with Crippen molar-refractivity contribution in [1.82, 2.24) is 9.55 Å². The molecular formula is C16H13BrN2O2. The summed E-state index contributed by atoms with van der Waals surface area (Å²) < 4.78 is 2.08. The summed E-state index contributed by atoms with van der Waals surface area (Å²) in [6.45, 7) is 1.97. The lowest BCUT2D eigenvalue weighted by atomic mass is 10.00. The first-order valence-corrected chi connectivity index (χ1v) is 7.26. The Morgan fingerprint density at radius 2 is 1.90 bits per heavy atom. The van der Waals surface area contributed by atoms with E-state index in [0.717, 1.165) is 22.0 Å². The van der Waals surface area contributed by atoms with E-state index in [2.05, 4.69) is 20.9 Å². The molecule has 0 saturated carbocycles. The third kappa shape index (κ3) is 2.23. The molecule has 0 atom stereocenters. The molecule has 0 unspecified atom stereocenters. The molecule has 0 aliphatic heterocycles. The zero-order valence-corrected chi connectivity index (χ0v) is 13.2. The molecule has 21 heavy (non-hydrogen) atoms. The Balaban J connectivity index is 2.54. The number of aryl methyl sites for hydroxylation is 2. The van der Waals surface area contributed by atoms with Gasteiger partial charge in [-0.2, -0.15) is 0 Å². The normalized spacial score (nSPS) is 11.0. The number of nitrogens with zero attached hydrogens (tertiary/aromatic N) is 1. The Kier molecular flexibility index (Phi) is 3.29. The molecule has 0 amide bonds. The molecule has 5 heteroatoms. The van der Waals surface area contributed by atoms with Gasteiger partial charge in [-0.15, -0.1) is 0 Å². The van der Waals surface area contributed by atoms with Gasteiger partial charge in [-0.25, -0.2) is 0 Å².